The highest BCUT2D eigenvalue weighted by Crippen LogP contribution is 2.51. The van der Waals surface area contributed by atoms with Gasteiger partial charge in [0.2, 0.25) is 23.6 Å². The van der Waals surface area contributed by atoms with Crippen LogP contribution in [0.4, 0.5) is 33.6 Å². The summed E-state index contributed by atoms with van der Waals surface area (Å²) in [5, 5.41) is 36.8. The van der Waals surface area contributed by atoms with Crippen LogP contribution in [0.15, 0.2) is 24.3 Å². The van der Waals surface area contributed by atoms with Gasteiger partial charge in [-0.1, -0.05) is 24.3 Å². The Morgan fingerprint density at radius 1 is 0.319 bits per heavy atom. The number of ketones is 1. The van der Waals surface area contributed by atoms with Gasteiger partial charge in [0.1, 0.15) is 69.2 Å². The van der Waals surface area contributed by atoms with E-state index >= 15 is 0 Å². The van der Waals surface area contributed by atoms with Gasteiger partial charge < -0.3 is 93.4 Å². The molecular weight excluding hydrogens is 1810 g/mol. The number of nitrogens with one attached hydrogen (secondary N) is 2. The molecule has 17 atom stereocenters. The Kier molecular flexibility index (Phi) is 31.1. The number of rotatable bonds is 5. The van der Waals surface area contributed by atoms with Crippen molar-refractivity contribution in [2.24, 2.45) is 51.2 Å². The maximum atomic E-state index is 13.8. The maximum Gasteiger partial charge on any atom is 0.411 e. The standard InChI is InChI=1S/C26H41N3O5.C25H41N3O6.C25H39N3O6.C16H25N3O.C13H21NO5/c1-17-14-18-8-9-19(17)20(29(18)23(32)34-25(5,6)7)21(30)27-12-10-26(11-13-27)15-28(16-26)22(31)33-24(2,3)4;2*1-23(2,3)33-21(31)27-14-25(15-27)9-11-26(12-10-25)20(30)19-17-8-7-16(13-18(17)29)28(19)22(32)34-24(4,5)6;1-11-8-12-2-3-13(11)14(18-12)15(20)19-6-4-16(5-7-19)9-17-10-16;1-13(2,3)19-12(18)14-7-4-5-8(9(15)6-7)10(14)11(16)17/h18-20H,1,8-16H2,2-7H3;16-19,29H,7-15H2,1-6H3;16-17,19H,7-15H2,1-6H3;12-14,17-18H,1-10H2;7-10,15H,4-6H2,1-3H3,(H,16,17)/t18-,19+,20-;16-,17+,18+,19-;16-,17+,19-;12-,13+,14-;7-,8+,9+,10-/m00000/s1. The minimum Gasteiger partial charge on any atom is -0.480 e. The molecule has 790 valence electrons. The number of amides is 11. The fourth-order valence-electron chi connectivity index (χ4n) is 25.4. The van der Waals surface area contributed by atoms with Crippen LogP contribution in [0.3, 0.4) is 0 Å². The number of carbonyl (C=O) groups excluding carboxylic acids is 12. The van der Waals surface area contributed by atoms with Crippen molar-refractivity contribution in [2.45, 2.75) is 405 Å². The van der Waals surface area contributed by atoms with Gasteiger partial charge in [-0.2, -0.15) is 0 Å². The Bertz CT molecular complexity index is 4520. The number of hydrogen-bond acceptors (Lipinski definition) is 24. The molecule has 23 aliphatic rings. The van der Waals surface area contributed by atoms with Crippen LogP contribution in [0, 0.1) is 51.2 Å². The summed E-state index contributed by atoms with van der Waals surface area (Å²) in [4.78, 5) is 185. The monoisotopic (exact) mass is 1980 g/mol. The van der Waals surface area contributed by atoms with Crippen LogP contribution < -0.4 is 10.6 Å². The number of carboxylic acid groups (broad SMARTS) is 1. The Hall–Kier alpha value is -8.77. The van der Waals surface area contributed by atoms with Gasteiger partial charge in [-0.05, 0) is 292 Å². The molecule has 5 saturated carbocycles. The molecule has 18 heterocycles. The average Bonchev–Trinajstić information content (AvgIpc) is 0.741. The third-order valence-electron chi connectivity index (χ3n) is 32.5. The Morgan fingerprint density at radius 3 is 0.915 bits per heavy atom. The Morgan fingerprint density at radius 2 is 0.603 bits per heavy atom. The van der Waals surface area contributed by atoms with Crippen molar-refractivity contribution in [1.29, 1.82) is 0 Å². The molecule has 18 aliphatic heterocycles. The van der Waals surface area contributed by atoms with E-state index in [-0.39, 0.29) is 100 Å². The lowest BCUT2D eigenvalue weighted by Crippen LogP contribution is -2.68. The first-order chi connectivity index (χ1) is 65.4. The normalized spacial score (nSPS) is 31.3. The number of nitrogens with zero attached hydrogens (tertiary/aromatic N) is 11. The zero-order valence-electron chi connectivity index (χ0n) is 88.2. The van der Waals surface area contributed by atoms with Gasteiger partial charge in [-0.3, -0.25) is 43.6 Å². The first kappa shape index (κ1) is 108. The second kappa shape index (κ2) is 40.6. The van der Waals surface area contributed by atoms with Crippen molar-refractivity contribution in [3.05, 3.63) is 24.3 Å². The third-order valence-corrected chi connectivity index (χ3v) is 32.5. The van der Waals surface area contributed by atoms with Gasteiger partial charge in [0, 0.05) is 187 Å². The smallest absolute Gasteiger partial charge is 0.411 e. The molecular formula is C105H167N13O23. The molecule has 5 aliphatic carbocycles. The van der Waals surface area contributed by atoms with Crippen molar-refractivity contribution in [3.63, 3.8) is 0 Å². The van der Waals surface area contributed by atoms with Crippen LogP contribution >= 0.6 is 0 Å². The first-order valence-corrected chi connectivity index (χ1v) is 52.5. The summed E-state index contributed by atoms with van der Waals surface area (Å²) in [7, 11) is 0. The SMILES string of the molecule is C=C1C[C@@H]2CC[C@H]1[C@@H](C(=O)N1CCC3(CC1)CN(C(=O)OC(C)(C)C)C3)N2C(=O)OC(C)(C)C.C=C1C[C@@H]2CC[C@H]1[C@@H](C(=O)N1CCC3(CC1)CNC3)N2.CC(C)(C)OC(=O)N1CC2(CCN(C(=O)[C@@H]3[C@@H]4CC[C@@H](CC4=O)N3C(=O)OC(C)(C)C)CC2)C1.CC(C)(C)OC(=O)N1CC2(CCN(C(=O)[C@@H]3[C@@H]4CC[C@@H](C[C@H]4O)N3C(=O)OC(C)(C)C)CC2)C1.CC(C)(C)OC(=O)N1[C@H]2CC[C@H]([C@H](O)C2)[C@H]1C(=O)O. The van der Waals surface area contributed by atoms with Crippen molar-refractivity contribution in [1.82, 2.24) is 64.5 Å². The number of ether oxygens (including phenoxy) is 7. The second-order valence-electron chi connectivity index (χ2n) is 51.6. The number of fused-ring (bicyclic) bond motifs is 15. The van der Waals surface area contributed by atoms with Gasteiger partial charge in [0.25, 0.3) is 0 Å². The molecule has 0 aromatic rings. The van der Waals surface area contributed by atoms with Gasteiger partial charge in [0.05, 0.1) is 18.2 Å². The minimum absolute atomic E-state index is 0.00716. The minimum atomic E-state index is -1.07. The third kappa shape index (κ3) is 24.8. The highest BCUT2D eigenvalue weighted by atomic mass is 16.6. The van der Waals surface area contributed by atoms with E-state index < -0.39 is 118 Å². The molecule has 0 unspecified atom stereocenters. The van der Waals surface area contributed by atoms with E-state index in [1.54, 1.807) is 75.8 Å². The number of carboxylic acids is 1. The molecule has 23 rings (SSSR count). The lowest BCUT2D eigenvalue weighted by Gasteiger charge is -2.56. The van der Waals surface area contributed by atoms with E-state index in [1.807, 2.05) is 114 Å². The lowest BCUT2D eigenvalue weighted by atomic mass is 9.70. The van der Waals surface area contributed by atoms with Crippen molar-refractivity contribution in [2.75, 3.05) is 105 Å². The predicted molar refractivity (Wildman–Crippen MR) is 522 cm³/mol. The number of hydrogen-bond donors (Lipinski definition) is 5. The Labute approximate surface area is 834 Å². The number of aliphatic hydroxyl groups excluding tert-OH is 2. The first-order valence-electron chi connectivity index (χ1n) is 52.5. The van der Waals surface area contributed by atoms with Crippen molar-refractivity contribution >= 4 is 78.0 Å². The molecule has 18 saturated heterocycles. The van der Waals surface area contributed by atoms with Crippen LogP contribution in [0.1, 0.15) is 293 Å². The van der Waals surface area contributed by atoms with E-state index in [1.165, 1.54) is 29.7 Å². The number of carbonyl (C=O) groups is 13. The van der Waals surface area contributed by atoms with E-state index in [0.717, 1.165) is 128 Å². The van der Waals surface area contributed by atoms with Crippen LogP contribution in [-0.2, 0) is 61.9 Å². The van der Waals surface area contributed by atoms with Gasteiger partial charge in [-0.15, -0.1) is 0 Å². The number of aliphatic hydroxyl groups is 2. The topological polar surface area (TPSA) is 407 Å². The van der Waals surface area contributed by atoms with Crippen molar-refractivity contribution < 1.29 is 111 Å². The molecule has 36 heteroatoms. The van der Waals surface area contributed by atoms with Crippen LogP contribution in [0.25, 0.3) is 0 Å². The second-order valence-corrected chi connectivity index (χ2v) is 51.6. The molecule has 0 aromatic carbocycles. The fourth-order valence-corrected chi connectivity index (χ4v) is 25.4. The van der Waals surface area contributed by atoms with E-state index in [4.69, 9.17) is 33.2 Å². The molecule has 5 N–H and O–H groups in total. The largest absolute Gasteiger partial charge is 0.480 e. The van der Waals surface area contributed by atoms with Crippen molar-refractivity contribution in [3.8, 4) is 0 Å². The van der Waals surface area contributed by atoms with Crippen LogP contribution in [0.5, 0.6) is 0 Å². The molecule has 23 fully saturated rings. The zero-order chi connectivity index (χ0) is 103. The van der Waals surface area contributed by atoms with E-state index in [9.17, 15) is 77.6 Å². The molecule has 0 aromatic heterocycles. The summed E-state index contributed by atoms with van der Waals surface area (Å²) in [6.07, 6.45) is 14.7. The van der Waals surface area contributed by atoms with Gasteiger partial charge >= 0.3 is 48.6 Å². The lowest BCUT2D eigenvalue weighted by molar-refractivity contribution is -0.160. The number of Topliss-reactive ketones (excluding diaryl/α,β-unsaturated/α-hetero) is 1. The molecule has 10 bridgehead atoms. The molecule has 36 nitrogen and oxygen atoms in total. The molecule has 141 heavy (non-hydrogen) atoms. The number of piperidine rings is 14. The maximum absolute atomic E-state index is 13.8. The summed E-state index contributed by atoms with van der Waals surface area (Å²) >= 11 is 0. The predicted octanol–water partition coefficient (Wildman–Crippen LogP) is 12.5. The summed E-state index contributed by atoms with van der Waals surface area (Å²) in [5.74, 6) is -1.60. The number of likely N-dealkylation sites (tertiary alicyclic amines) is 7. The van der Waals surface area contributed by atoms with Crippen LogP contribution in [0.2, 0.25) is 0 Å². The summed E-state index contributed by atoms with van der Waals surface area (Å²) in [6, 6.07) is -3.14. The average molecular weight is 1980 g/mol. The van der Waals surface area contributed by atoms with Crippen LogP contribution in [-0.4, -0.2) is 364 Å². The summed E-state index contributed by atoms with van der Waals surface area (Å²) in [6.45, 7) is 58.6. The van der Waals surface area contributed by atoms with Gasteiger partial charge in [0.15, 0.2) is 0 Å². The quantitative estimate of drug-likeness (QED) is 0.126. The Balaban J connectivity index is 0.000000143. The summed E-state index contributed by atoms with van der Waals surface area (Å²) < 4.78 is 38.7. The zero-order valence-corrected chi connectivity index (χ0v) is 88.2. The molecule has 11 amide bonds. The molecule has 0 radical (unpaired) electrons. The van der Waals surface area contributed by atoms with E-state index in [0.29, 0.717) is 134 Å². The van der Waals surface area contributed by atoms with E-state index in [2.05, 4.69) is 28.7 Å². The fraction of sp³-hybridized carbons (Fsp3) is 0.838. The van der Waals surface area contributed by atoms with Gasteiger partial charge in [-0.25, -0.2) is 38.4 Å². The molecule has 4 spiro atoms. The summed E-state index contributed by atoms with van der Waals surface area (Å²) in [5.41, 5.74) is -1.13. The number of aliphatic carboxylic acids is 1. The highest BCUT2D eigenvalue weighted by molar-refractivity contribution is 5.97. The highest BCUT2D eigenvalue weighted by Gasteiger charge is 2.62.